The third-order valence-electron chi connectivity index (χ3n) is 3.70. The fraction of sp³-hybridized carbons (Fsp3) is 0.150. The summed E-state index contributed by atoms with van der Waals surface area (Å²) in [7, 11) is 3.15. The third kappa shape index (κ3) is 5.10. The summed E-state index contributed by atoms with van der Waals surface area (Å²) < 4.78 is 15.8. The lowest BCUT2D eigenvalue weighted by Crippen LogP contribution is -2.21. The minimum atomic E-state index is -0.353. The van der Waals surface area contributed by atoms with Crippen molar-refractivity contribution in [3.05, 3.63) is 60.7 Å². The Hall–Kier alpha value is -3.81. The molecule has 0 saturated heterocycles. The fourth-order valence-corrected chi connectivity index (χ4v) is 2.37. The van der Waals surface area contributed by atoms with E-state index in [9.17, 15) is 4.79 Å². The summed E-state index contributed by atoms with van der Waals surface area (Å²) >= 11 is 0. The second-order valence-electron chi connectivity index (χ2n) is 5.65. The monoisotopic (exact) mass is 380 g/mol. The molecule has 0 fully saturated rings. The molecular formula is C20H20N4O4. The molecule has 0 spiro atoms. The van der Waals surface area contributed by atoms with Gasteiger partial charge in [0, 0.05) is 11.8 Å². The number of rotatable bonds is 8. The van der Waals surface area contributed by atoms with Crippen LogP contribution in [-0.4, -0.2) is 36.9 Å². The number of nitrogens with zero attached hydrogens (tertiary/aromatic N) is 2. The van der Waals surface area contributed by atoms with Crippen LogP contribution in [0.15, 0.2) is 60.7 Å². The number of aromatic nitrogens is 2. The van der Waals surface area contributed by atoms with Gasteiger partial charge in [0.2, 0.25) is 0 Å². The lowest BCUT2D eigenvalue weighted by molar-refractivity contribution is -0.118. The van der Waals surface area contributed by atoms with Gasteiger partial charge in [-0.15, -0.1) is 10.2 Å². The molecular weight excluding hydrogens is 360 g/mol. The minimum absolute atomic E-state index is 0.175. The molecule has 0 atom stereocenters. The molecule has 2 N–H and O–H groups in total. The van der Waals surface area contributed by atoms with E-state index < -0.39 is 0 Å². The molecule has 1 heterocycles. The zero-order chi connectivity index (χ0) is 19.8. The van der Waals surface area contributed by atoms with Gasteiger partial charge in [-0.1, -0.05) is 18.2 Å². The highest BCUT2D eigenvalue weighted by molar-refractivity contribution is 5.91. The van der Waals surface area contributed by atoms with Gasteiger partial charge in [-0.3, -0.25) is 4.79 Å². The summed E-state index contributed by atoms with van der Waals surface area (Å²) in [6, 6.07) is 17.9. The number of amides is 1. The summed E-state index contributed by atoms with van der Waals surface area (Å²) in [5, 5.41) is 13.8. The number of nitrogens with one attached hydrogen (secondary N) is 2. The minimum Gasteiger partial charge on any atom is -0.497 e. The van der Waals surface area contributed by atoms with Crippen LogP contribution in [0.25, 0.3) is 0 Å². The molecule has 8 nitrogen and oxygen atoms in total. The van der Waals surface area contributed by atoms with Gasteiger partial charge in [0.15, 0.2) is 29.7 Å². The number of para-hydroxylation sites is 2. The Morgan fingerprint density at radius 3 is 2.36 bits per heavy atom. The van der Waals surface area contributed by atoms with Crippen molar-refractivity contribution < 1.29 is 19.0 Å². The molecule has 144 valence electrons. The van der Waals surface area contributed by atoms with Crippen LogP contribution in [0, 0.1) is 0 Å². The first-order valence-corrected chi connectivity index (χ1v) is 8.48. The summed E-state index contributed by atoms with van der Waals surface area (Å²) in [6.07, 6.45) is 0. The third-order valence-corrected chi connectivity index (χ3v) is 3.70. The maximum Gasteiger partial charge on any atom is 0.263 e. The quantitative estimate of drug-likeness (QED) is 0.619. The summed E-state index contributed by atoms with van der Waals surface area (Å²) in [6.45, 7) is -0.175. The average Bonchev–Trinajstić information content (AvgIpc) is 2.74. The Labute approximate surface area is 162 Å². The highest BCUT2D eigenvalue weighted by Gasteiger charge is 2.08. The Bertz CT molecular complexity index is 931. The van der Waals surface area contributed by atoms with E-state index in [0.717, 1.165) is 11.4 Å². The van der Waals surface area contributed by atoms with Gasteiger partial charge in [0.1, 0.15) is 5.75 Å². The number of hydrogen-bond acceptors (Lipinski definition) is 7. The van der Waals surface area contributed by atoms with E-state index in [-0.39, 0.29) is 12.5 Å². The molecule has 0 unspecified atom stereocenters. The highest BCUT2D eigenvalue weighted by atomic mass is 16.5. The van der Waals surface area contributed by atoms with E-state index in [1.54, 1.807) is 44.6 Å². The fourth-order valence-electron chi connectivity index (χ4n) is 2.37. The Balaban J connectivity index is 1.54. The molecule has 0 bridgehead atoms. The molecule has 3 rings (SSSR count). The van der Waals surface area contributed by atoms with Crippen molar-refractivity contribution in [1.82, 2.24) is 10.2 Å². The zero-order valence-electron chi connectivity index (χ0n) is 15.5. The number of carbonyl (C=O) groups is 1. The SMILES string of the molecule is COc1cccc(Nc2ccc(NC(=O)COc3ccccc3OC)nn2)c1. The first-order chi connectivity index (χ1) is 13.7. The normalized spacial score (nSPS) is 10.1. The molecule has 8 heteroatoms. The number of carbonyl (C=O) groups excluding carboxylic acids is 1. The van der Waals surface area contributed by atoms with Crippen molar-refractivity contribution in [3.63, 3.8) is 0 Å². The van der Waals surface area contributed by atoms with Crippen molar-refractivity contribution in [2.75, 3.05) is 31.5 Å². The second kappa shape index (κ2) is 9.22. The lowest BCUT2D eigenvalue weighted by atomic mass is 10.3. The van der Waals surface area contributed by atoms with Crippen LogP contribution in [-0.2, 0) is 4.79 Å². The van der Waals surface area contributed by atoms with Crippen molar-refractivity contribution >= 4 is 23.2 Å². The standard InChI is InChI=1S/C20H20N4O4/c1-26-15-7-5-6-14(12-15)21-18-10-11-19(24-23-18)22-20(25)13-28-17-9-4-3-8-16(17)27-2/h3-12H,13H2,1-2H3,(H,21,23)(H,22,24,25). The van der Waals surface area contributed by atoms with Gasteiger partial charge in [-0.05, 0) is 36.4 Å². The number of methoxy groups -OCH3 is 2. The van der Waals surface area contributed by atoms with Crippen LogP contribution in [0.1, 0.15) is 0 Å². The Kier molecular flexibility index (Phi) is 6.25. The molecule has 0 saturated carbocycles. The Morgan fingerprint density at radius 2 is 1.64 bits per heavy atom. The highest BCUT2D eigenvalue weighted by Crippen LogP contribution is 2.25. The van der Waals surface area contributed by atoms with E-state index in [4.69, 9.17) is 14.2 Å². The number of benzene rings is 2. The van der Waals surface area contributed by atoms with E-state index in [1.165, 1.54) is 0 Å². The average molecular weight is 380 g/mol. The van der Waals surface area contributed by atoms with Gasteiger partial charge < -0.3 is 24.8 Å². The van der Waals surface area contributed by atoms with Gasteiger partial charge in [-0.2, -0.15) is 0 Å². The molecule has 2 aromatic carbocycles. The van der Waals surface area contributed by atoms with E-state index in [1.807, 2.05) is 30.3 Å². The predicted octanol–water partition coefficient (Wildman–Crippen LogP) is 3.25. The maximum absolute atomic E-state index is 12.1. The van der Waals surface area contributed by atoms with Crippen molar-refractivity contribution in [2.45, 2.75) is 0 Å². The van der Waals surface area contributed by atoms with Crippen molar-refractivity contribution in [1.29, 1.82) is 0 Å². The largest absolute Gasteiger partial charge is 0.497 e. The Morgan fingerprint density at radius 1 is 0.893 bits per heavy atom. The van der Waals surface area contributed by atoms with Crippen LogP contribution in [0.5, 0.6) is 17.2 Å². The van der Waals surface area contributed by atoms with Crippen LogP contribution in [0.4, 0.5) is 17.3 Å². The number of anilines is 3. The zero-order valence-corrected chi connectivity index (χ0v) is 15.5. The number of hydrogen-bond donors (Lipinski definition) is 2. The van der Waals surface area contributed by atoms with Gasteiger partial charge in [0.05, 0.1) is 14.2 Å². The predicted molar refractivity (Wildman–Crippen MR) is 105 cm³/mol. The van der Waals surface area contributed by atoms with Gasteiger partial charge in [-0.25, -0.2) is 0 Å². The smallest absolute Gasteiger partial charge is 0.263 e. The van der Waals surface area contributed by atoms with Crippen LogP contribution in [0.3, 0.4) is 0 Å². The lowest BCUT2D eigenvalue weighted by Gasteiger charge is -2.10. The summed E-state index contributed by atoms with van der Waals surface area (Å²) in [5.41, 5.74) is 0.815. The first-order valence-electron chi connectivity index (χ1n) is 8.48. The van der Waals surface area contributed by atoms with Crippen molar-refractivity contribution in [3.8, 4) is 17.2 Å². The molecule has 0 aliphatic rings. The molecule has 1 aromatic heterocycles. The van der Waals surface area contributed by atoms with E-state index >= 15 is 0 Å². The van der Waals surface area contributed by atoms with Crippen molar-refractivity contribution in [2.24, 2.45) is 0 Å². The van der Waals surface area contributed by atoms with Crippen LogP contribution in [0.2, 0.25) is 0 Å². The van der Waals surface area contributed by atoms with E-state index in [2.05, 4.69) is 20.8 Å². The molecule has 0 radical (unpaired) electrons. The molecule has 0 aliphatic carbocycles. The first kappa shape index (κ1) is 19.0. The molecule has 0 aliphatic heterocycles. The maximum atomic E-state index is 12.1. The summed E-state index contributed by atoms with van der Waals surface area (Å²) in [4.78, 5) is 12.1. The van der Waals surface area contributed by atoms with Gasteiger partial charge in [0.25, 0.3) is 5.91 Å². The molecule has 3 aromatic rings. The van der Waals surface area contributed by atoms with Crippen LogP contribution < -0.4 is 24.8 Å². The van der Waals surface area contributed by atoms with E-state index in [0.29, 0.717) is 23.1 Å². The molecule has 28 heavy (non-hydrogen) atoms. The number of ether oxygens (including phenoxy) is 3. The topological polar surface area (TPSA) is 94.6 Å². The summed E-state index contributed by atoms with van der Waals surface area (Å²) in [5.74, 6) is 2.29. The molecule has 1 amide bonds. The van der Waals surface area contributed by atoms with Gasteiger partial charge >= 0.3 is 0 Å². The van der Waals surface area contributed by atoms with Crippen LogP contribution >= 0.6 is 0 Å². The second-order valence-corrected chi connectivity index (χ2v) is 5.65.